The number of esters is 2. The van der Waals surface area contributed by atoms with E-state index in [1.54, 1.807) is 51.1 Å². The van der Waals surface area contributed by atoms with Gasteiger partial charge in [0.25, 0.3) is 0 Å². The maximum absolute atomic E-state index is 12.8. The van der Waals surface area contributed by atoms with Crippen LogP contribution in [0.4, 0.5) is 0 Å². The Morgan fingerprint density at radius 3 is 2.51 bits per heavy atom. The highest BCUT2D eigenvalue weighted by atomic mass is 127. The van der Waals surface area contributed by atoms with Crippen LogP contribution in [-0.2, 0) is 33.3 Å². The Morgan fingerprint density at radius 2 is 1.85 bits per heavy atom. The van der Waals surface area contributed by atoms with Gasteiger partial charge in [0, 0.05) is 35.0 Å². The fourth-order valence-corrected chi connectivity index (χ4v) is 4.47. The molecule has 2 aliphatic rings. The Labute approximate surface area is 241 Å². The van der Waals surface area contributed by atoms with E-state index in [-0.39, 0.29) is 51.5 Å². The van der Waals surface area contributed by atoms with E-state index in [2.05, 4.69) is 33.2 Å². The summed E-state index contributed by atoms with van der Waals surface area (Å²) in [6, 6.07) is 6.33. The standard InChI is InChI=1S/C27H35IN2O9/c1-27(2,3)39-23(33)9-8-19(14-31)30-22(32)10-11-29-25(34)17-12-20-24(37-15-36-20)21(13-17)38-26(35)16-4-6-18(28)7-5-16/h4-7,12,19-21,24,31H,8-11,13-15H2,1-3H3,(H,29,34)(H,30,32)/t19-,20+,21+,24+/m0/s1. The summed E-state index contributed by atoms with van der Waals surface area (Å²) in [6.45, 7) is 5.03. The van der Waals surface area contributed by atoms with Crippen LogP contribution in [0.1, 0.15) is 56.8 Å². The zero-order valence-electron chi connectivity index (χ0n) is 22.2. The molecular formula is C27H35IN2O9. The number of halogens is 1. The summed E-state index contributed by atoms with van der Waals surface area (Å²) in [5, 5.41) is 14.9. The van der Waals surface area contributed by atoms with Crippen molar-refractivity contribution < 1.29 is 43.2 Å². The number of amides is 2. The van der Waals surface area contributed by atoms with E-state index >= 15 is 0 Å². The van der Waals surface area contributed by atoms with Gasteiger partial charge >= 0.3 is 11.9 Å². The molecule has 0 spiro atoms. The van der Waals surface area contributed by atoms with Crippen LogP contribution < -0.4 is 10.6 Å². The number of carbonyl (C=O) groups excluding carboxylic acids is 4. The third-order valence-electron chi connectivity index (χ3n) is 5.97. The summed E-state index contributed by atoms with van der Waals surface area (Å²) >= 11 is 2.14. The van der Waals surface area contributed by atoms with Gasteiger partial charge in [-0.2, -0.15) is 0 Å². The molecule has 3 N–H and O–H groups in total. The minimum absolute atomic E-state index is 0.0262. The van der Waals surface area contributed by atoms with Crippen molar-refractivity contribution in [1.29, 1.82) is 0 Å². The van der Waals surface area contributed by atoms with Crippen molar-refractivity contribution >= 4 is 46.3 Å². The Balaban J connectivity index is 1.46. The number of hydrogen-bond acceptors (Lipinski definition) is 9. The van der Waals surface area contributed by atoms with Gasteiger partial charge in [-0.1, -0.05) is 0 Å². The first-order chi connectivity index (χ1) is 18.4. The smallest absolute Gasteiger partial charge is 0.338 e. The minimum Gasteiger partial charge on any atom is -0.460 e. The molecule has 4 atom stereocenters. The van der Waals surface area contributed by atoms with E-state index in [0.29, 0.717) is 11.1 Å². The molecular weight excluding hydrogens is 623 g/mol. The summed E-state index contributed by atoms with van der Waals surface area (Å²) in [5.74, 6) is -1.72. The van der Waals surface area contributed by atoms with Gasteiger partial charge < -0.3 is 34.7 Å². The maximum Gasteiger partial charge on any atom is 0.338 e. The van der Waals surface area contributed by atoms with Crippen LogP contribution in [-0.4, -0.2) is 78.8 Å². The van der Waals surface area contributed by atoms with Crippen molar-refractivity contribution in [3.05, 3.63) is 45.0 Å². The number of carbonyl (C=O) groups is 4. The van der Waals surface area contributed by atoms with Crippen LogP contribution in [0.15, 0.2) is 35.9 Å². The van der Waals surface area contributed by atoms with E-state index in [9.17, 15) is 24.3 Å². The van der Waals surface area contributed by atoms with Crippen molar-refractivity contribution in [2.24, 2.45) is 0 Å². The van der Waals surface area contributed by atoms with Crippen LogP contribution in [0.3, 0.4) is 0 Å². The molecule has 0 aromatic heterocycles. The van der Waals surface area contributed by atoms with Gasteiger partial charge in [-0.25, -0.2) is 4.79 Å². The molecule has 1 aliphatic carbocycles. The van der Waals surface area contributed by atoms with Gasteiger partial charge in [-0.3, -0.25) is 14.4 Å². The van der Waals surface area contributed by atoms with Crippen LogP contribution in [0.5, 0.6) is 0 Å². The summed E-state index contributed by atoms with van der Waals surface area (Å²) < 4.78 is 23.0. The molecule has 12 heteroatoms. The molecule has 39 heavy (non-hydrogen) atoms. The van der Waals surface area contributed by atoms with E-state index in [0.717, 1.165) is 3.57 Å². The molecule has 3 rings (SSSR count). The average molecular weight is 658 g/mol. The molecule has 1 aromatic rings. The van der Waals surface area contributed by atoms with Gasteiger partial charge in [0.15, 0.2) is 0 Å². The number of ether oxygens (including phenoxy) is 4. The fourth-order valence-electron chi connectivity index (χ4n) is 4.11. The van der Waals surface area contributed by atoms with E-state index < -0.39 is 47.8 Å². The van der Waals surface area contributed by atoms with E-state index in [4.69, 9.17) is 18.9 Å². The monoisotopic (exact) mass is 658 g/mol. The molecule has 11 nitrogen and oxygen atoms in total. The molecule has 2 amide bonds. The predicted octanol–water partition coefficient (Wildman–Crippen LogP) is 1.99. The molecule has 1 aromatic carbocycles. The Hall–Kier alpha value is -2.55. The van der Waals surface area contributed by atoms with E-state index in [1.807, 2.05) is 0 Å². The highest BCUT2D eigenvalue weighted by Gasteiger charge is 2.42. The fraction of sp³-hybridized carbons (Fsp3) is 0.556. The van der Waals surface area contributed by atoms with Crippen LogP contribution >= 0.6 is 22.6 Å². The zero-order valence-corrected chi connectivity index (χ0v) is 24.4. The SMILES string of the molecule is CC(C)(C)OC(=O)CC[C@@H](CO)NC(=O)CCNC(=O)C1=C[C@H]2OCO[C@H]2[C@H](OC(=O)c2ccc(I)cc2)C1. The second-order valence-corrected chi connectivity index (χ2v) is 11.6. The van der Waals surface area contributed by atoms with Crippen LogP contribution in [0, 0.1) is 3.57 Å². The number of rotatable bonds is 11. The Kier molecular flexibility index (Phi) is 11.3. The van der Waals surface area contributed by atoms with E-state index in [1.165, 1.54) is 0 Å². The number of nitrogens with one attached hydrogen (secondary N) is 2. The third kappa shape index (κ3) is 9.85. The molecule has 0 saturated carbocycles. The Morgan fingerprint density at radius 1 is 1.13 bits per heavy atom. The topological polar surface area (TPSA) is 149 Å². The molecule has 1 fully saturated rings. The van der Waals surface area contributed by atoms with Crippen LogP contribution in [0.25, 0.3) is 0 Å². The predicted molar refractivity (Wildman–Crippen MR) is 147 cm³/mol. The van der Waals surface area contributed by atoms with Gasteiger partial charge in [-0.15, -0.1) is 0 Å². The van der Waals surface area contributed by atoms with Crippen molar-refractivity contribution in [3.8, 4) is 0 Å². The molecule has 1 saturated heterocycles. The first kappa shape index (κ1) is 31.0. The maximum atomic E-state index is 12.8. The summed E-state index contributed by atoms with van der Waals surface area (Å²) in [5.41, 5.74) is 0.152. The molecule has 0 bridgehead atoms. The number of aliphatic hydroxyl groups is 1. The third-order valence-corrected chi connectivity index (χ3v) is 6.69. The number of benzene rings is 1. The van der Waals surface area contributed by atoms with Crippen LogP contribution in [0.2, 0.25) is 0 Å². The largest absolute Gasteiger partial charge is 0.460 e. The molecule has 214 valence electrons. The second-order valence-electron chi connectivity index (χ2n) is 10.3. The lowest BCUT2D eigenvalue weighted by molar-refractivity contribution is -0.155. The minimum atomic E-state index is -0.714. The first-order valence-electron chi connectivity index (χ1n) is 12.8. The zero-order chi connectivity index (χ0) is 28.6. The lowest BCUT2D eigenvalue weighted by atomic mass is 9.91. The number of fused-ring (bicyclic) bond motifs is 1. The highest BCUT2D eigenvalue weighted by Crippen LogP contribution is 2.30. The normalized spacial score (nSPS) is 21.3. The Bertz CT molecular complexity index is 1070. The quantitative estimate of drug-likeness (QED) is 0.240. The van der Waals surface area contributed by atoms with Gasteiger partial charge in [-0.05, 0) is 80.1 Å². The van der Waals surface area contributed by atoms with Gasteiger partial charge in [0.2, 0.25) is 11.8 Å². The van der Waals surface area contributed by atoms with Crippen molar-refractivity contribution in [3.63, 3.8) is 0 Å². The lowest BCUT2D eigenvalue weighted by Crippen LogP contribution is -2.44. The summed E-state index contributed by atoms with van der Waals surface area (Å²) in [6.07, 6.45) is 0.271. The van der Waals surface area contributed by atoms with Crippen molar-refractivity contribution in [2.45, 2.75) is 76.4 Å². The molecule has 1 aliphatic heterocycles. The summed E-state index contributed by atoms with van der Waals surface area (Å²) in [4.78, 5) is 49.7. The second kappa shape index (κ2) is 14.2. The van der Waals surface area contributed by atoms with Gasteiger partial charge in [0.1, 0.15) is 30.7 Å². The molecule has 0 radical (unpaired) electrons. The van der Waals surface area contributed by atoms with Crippen molar-refractivity contribution in [1.82, 2.24) is 10.6 Å². The summed E-state index contributed by atoms with van der Waals surface area (Å²) in [7, 11) is 0. The number of hydrogen-bond donors (Lipinski definition) is 3. The average Bonchev–Trinajstić information content (AvgIpc) is 3.35. The number of aliphatic hydroxyl groups excluding tert-OH is 1. The highest BCUT2D eigenvalue weighted by molar-refractivity contribution is 14.1. The van der Waals surface area contributed by atoms with Crippen molar-refractivity contribution in [2.75, 3.05) is 19.9 Å². The van der Waals surface area contributed by atoms with Gasteiger partial charge in [0.05, 0.1) is 18.2 Å². The first-order valence-corrected chi connectivity index (χ1v) is 13.8. The molecule has 0 unspecified atom stereocenters. The lowest BCUT2D eigenvalue weighted by Gasteiger charge is -2.30. The molecule has 1 heterocycles.